The first-order valence-corrected chi connectivity index (χ1v) is 7.21. The second-order valence-electron chi connectivity index (χ2n) is 4.37. The number of nitrogens with zero attached hydrogens (tertiary/aromatic N) is 1. The van der Waals surface area contributed by atoms with Crippen molar-refractivity contribution in [2.45, 2.75) is 12.3 Å². The second-order valence-corrected chi connectivity index (χ2v) is 5.72. The maximum absolute atomic E-state index is 12.2. The first-order valence-electron chi connectivity index (χ1n) is 6.04. The van der Waals surface area contributed by atoms with Crippen LogP contribution < -0.4 is 0 Å². The summed E-state index contributed by atoms with van der Waals surface area (Å²) in [5.41, 5.74) is 1.42. The molecule has 4 heteroatoms. The van der Waals surface area contributed by atoms with Gasteiger partial charge in [0.05, 0.1) is 12.0 Å². The van der Waals surface area contributed by atoms with E-state index in [9.17, 15) is 10.1 Å². The van der Waals surface area contributed by atoms with E-state index < -0.39 is 5.92 Å². The van der Waals surface area contributed by atoms with Crippen molar-refractivity contribution in [1.29, 1.82) is 5.26 Å². The van der Waals surface area contributed by atoms with Crippen LogP contribution in [-0.4, -0.2) is 5.78 Å². The molecule has 0 amide bonds. The second kappa shape index (κ2) is 6.69. The van der Waals surface area contributed by atoms with Gasteiger partial charge >= 0.3 is 0 Å². The summed E-state index contributed by atoms with van der Waals surface area (Å²) in [5, 5.41) is 9.86. The summed E-state index contributed by atoms with van der Waals surface area (Å²) in [7, 11) is 0. The molecule has 2 aromatic rings. The molecule has 1 atom stereocenters. The van der Waals surface area contributed by atoms with Crippen molar-refractivity contribution in [3.05, 3.63) is 69.2 Å². The molecule has 20 heavy (non-hydrogen) atoms. The first-order chi connectivity index (χ1) is 9.60. The summed E-state index contributed by atoms with van der Waals surface area (Å²) in [6.45, 7) is 0. The molecule has 0 unspecified atom stereocenters. The van der Waals surface area contributed by atoms with Crippen LogP contribution in [0.3, 0.4) is 0 Å². The van der Waals surface area contributed by atoms with E-state index in [2.05, 4.69) is 22.0 Å². The van der Waals surface area contributed by atoms with Gasteiger partial charge in [0.25, 0.3) is 0 Å². The van der Waals surface area contributed by atoms with Crippen LogP contribution in [0.15, 0.2) is 53.0 Å². The summed E-state index contributed by atoms with van der Waals surface area (Å²) in [4.78, 5) is 12.2. The molecule has 0 saturated carbocycles. The predicted octanol–water partition coefficient (Wildman–Crippen LogP) is 4.98. The van der Waals surface area contributed by atoms with Gasteiger partial charge in [-0.05, 0) is 29.8 Å². The van der Waals surface area contributed by atoms with Gasteiger partial charge in [0.2, 0.25) is 0 Å². The molecule has 0 aliphatic carbocycles. The van der Waals surface area contributed by atoms with Gasteiger partial charge in [0.1, 0.15) is 0 Å². The van der Waals surface area contributed by atoms with Gasteiger partial charge in [-0.15, -0.1) is 0 Å². The number of carbonyl (C=O) groups excluding carboxylic acids is 1. The zero-order chi connectivity index (χ0) is 14.5. The molecule has 0 N–H and O–H groups in total. The van der Waals surface area contributed by atoms with Crippen molar-refractivity contribution in [2.24, 2.45) is 0 Å². The Kier molecular flexibility index (Phi) is 4.94. The first kappa shape index (κ1) is 14.8. The fraction of sp³-hybridized carbons (Fsp3) is 0.125. The minimum atomic E-state index is -0.455. The number of carbonyl (C=O) groups is 1. The van der Waals surface area contributed by atoms with E-state index in [-0.39, 0.29) is 12.2 Å². The van der Waals surface area contributed by atoms with E-state index in [1.54, 1.807) is 36.4 Å². The third-order valence-corrected chi connectivity index (χ3v) is 3.76. The summed E-state index contributed by atoms with van der Waals surface area (Å²) >= 11 is 9.15. The minimum absolute atomic E-state index is 0.0426. The fourth-order valence-corrected chi connectivity index (χ4v) is 2.26. The van der Waals surface area contributed by atoms with Gasteiger partial charge in [-0.2, -0.15) is 5.26 Å². The highest BCUT2D eigenvalue weighted by molar-refractivity contribution is 9.10. The average molecular weight is 349 g/mol. The predicted molar refractivity (Wildman–Crippen MR) is 82.9 cm³/mol. The summed E-state index contributed by atoms with van der Waals surface area (Å²) in [6.07, 6.45) is 0.166. The molecule has 0 bridgehead atoms. The topological polar surface area (TPSA) is 40.9 Å². The van der Waals surface area contributed by atoms with Gasteiger partial charge in [-0.1, -0.05) is 51.8 Å². The Labute approximate surface area is 131 Å². The molecule has 0 spiro atoms. The van der Waals surface area contributed by atoms with Crippen molar-refractivity contribution >= 4 is 33.3 Å². The maximum atomic E-state index is 12.2. The number of hydrogen-bond acceptors (Lipinski definition) is 2. The van der Waals surface area contributed by atoms with E-state index in [0.29, 0.717) is 10.6 Å². The van der Waals surface area contributed by atoms with E-state index in [1.807, 2.05) is 12.1 Å². The molecule has 0 heterocycles. The number of halogens is 2. The lowest BCUT2D eigenvalue weighted by Gasteiger charge is -2.09. The molecule has 0 fully saturated rings. The van der Waals surface area contributed by atoms with Crippen LogP contribution in [0.1, 0.15) is 28.3 Å². The van der Waals surface area contributed by atoms with E-state index in [4.69, 9.17) is 11.6 Å². The molecular formula is C16H11BrClNO. The Morgan fingerprint density at radius 1 is 1.15 bits per heavy atom. The highest BCUT2D eigenvalue weighted by Gasteiger charge is 2.16. The largest absolute Gasteiger partial charge is 0.294 e. The Hall–Kier alpha value is -1.63. The molecule has 0 aromatic heterocycles. The monoisotopic (exact) mass is 347 g/mol. The van der Waals surface area contributed by atoms with Crippen LogP contribution >= 0.6 is 27.5 Å². The van der Waals surface area contributed by atoms with E-state index in [1.165, 1.54) is 0 Å². The number of hydrogen-bond donors (Lipinski definition) is 0. The van der Waals surface area contributed by atoms with Crippen LogP contribution in [0, 0.1) is 11.3 Å². The molecule has 0 aliphatic heterocycles. The molecule has 2 aromatic carbocycles. The lowest BCUT2D eigenvalue weighted by atomic mass is 9.93. The maximum Gasteiger partial charge on any atom is 0.164 e. The lowest BCUT2D eigenvalue weighted by molar-refractivity contribution is 0.0979. The zero-order valence-electron chi connectivity index (χ0n) is 10.5. The summed E-state index contributed by atoms with van der Waals surface area (Å²) < 4.78 is 0.920. The third kappa shape index (κ3) is 3.69. The van der Waals surface area contributed by atoms with Crippen molar-refractivity contribution < 1.29 is 4.79 Å². The van der Waals surface area contributed by atoms with Gasteiger partial charge in [0, 0.05) is 21.5 Å². The van der Waals surface area contributed by atoms with E-state index >= 15 is 0 Å². The number of rotatable bonds is 4. The van der Waals surface area contributed by atoms with Crippen molar-refractivity contribution in [1.82, 2.24) is 0 Å². The summed E-state index contributed by atoms with van der Waals surface area (Å²) in [6, 6.07) is 16.3. The Balaban J connectivity index is 2.14. The number of ketones is 1. The van der Waals surface area contributed by atoms with Crippen molar-refractivity contribution in [3.63, 3.8) is 0 Å². The van der Waals surface area contributed by atoms with Crippen LogP contribution in [-0.2, 0) is 0 Å². The van der Waals surface area contributed by atoms with Crippen LogP contribution in [0.5, 0.6) is 0 Å². The molecule has 100 valence electrons. The van der Waals surface area contributed by atoms with Crippen LogP contribution in [0.2, 0.25) is 5.02 Å². The van der Waals surface area contributed by atoms with Gasteiger partial charge in [0.15, 0.2) is 5.78 Å². The van der Waals surface area contributed by atoms with Crippen LogP contribution in [0.25, 0.3) is 0 Å². The molecule has 0 aliphatic rings. The SMILES string of the molecule is N#C[C@H](CC(=O)c1ccc(Br)cc1)c1ccc(Cl)cc1. The Morgan fingerprint density at radius 3 is 2.30 bits per heavy atom. The highest BCUT2D eigenvalue weighted by atomic mass is 79.9. The quantitative estimate of drug-likeness (QED) is 0.731. The van der Waals surface area contributed by atoms with E-state index in [0.717, 1.165) is 10.0 Å². The zero-order valence-corrected chi connectivity index (χ0v) is 12.9. The smallest absolute Gasteiger partial charge is 0.164 e. The molecule has 0 saturated heterocycles. The number of nitriles is 1. The Bertz CT molecular complexity index is 644. The van der Waals surface area contributed by atoms with Gasteiger partial charge < -0.3 is 0 Å². The average Bonchev–Trinajstić information content (AvgIpc) is 2.46. The van der Waals surface area contributed by atoms with Crippen molar-refractivity contribution in [3.8, 4) is 6.07 Å². The van der Waals surface area contributed by atoms with Crippen molar-refractivity contribution in [2.75, 3.05) is 0 Å². The summed E-state index contributed by atoms with van der Waals surface area (Å²) in [5.74, 6) is -0.498. The molecule has 2 nitrogen and oxygen atoms in total. The number of benzene rings is 2. The minimum Gasteiger partial charge on any atom is -0.294 e. The highest BCUT2D eigenvalue weighted by Crippen LogP contribution is 2.23. The molecule has 0 radical (unpaired) electrons. The van der Waals surface area contributed by atoms with Gasteiger partial charge in [-0.25, -0.2) is 0 Å². The lowest BCUT2D eigenvalue weighted by Crippen LogP contribution is -2.06. The molecule has 2 rings (SSSR count). The van der Waals surface area contributed by atoms with Gasteiger partial charge in [-0.3, -0.25) is 4.79 Å². The third-order valence-electron chi connectivity index (χ3n) is 2.98. The normalized spacial score (nSPS) is 11.7. The number of Topliss-reactive ketones (excluding diaryl/α,β-unsaturated/α-hetero) is 1. The Morgan fingerprint density at radius 2 is 1.75 bits per heavy atom. The van der Waals surface area contributed by atoms with Crippen LogP contribution in [0.4, 0.5) is 0 Å². The standard InChI is InChI=1S/C16H11BrClNO/c17-14-5-1-12(2-6-14)16(20)9-13(10-19)11-3-7-15(18)8-4-11/h1-8,13H,9H2/t13-/m0/s1. The molecular weight excluding hydrogens is 338 g/mol. The fourth-order valence-electron chi connectivity index (χ4n) is 1.87.